The molecule has 0 amide bonds. The Kier molecular flexibility index (Phi) is 6.06. The summed E-state index contributed by atoms with van der Waals surface area (Å²) in [4.78, 5) is 37.7. The van der Waals surface area contributed by atoms with Crippen molar-refractivity contribution >= 4 is 17.7 Å². The molecule has 178 valence electrons. The first-order valence-electron chi connectivity index (χ1n) is 12.4. The van der Waals surface area contributed by atoms with E-state index in [9.17, 15) is 19.5 Å². The molecule has 2 bridgehead atoms. The number of carbonyl (C=O) groups excluding carboxylic acids is 3. The summed E-state index contributed by atoms with van der Waals surface area (Å²) in [7, 11) is 0. The van der Waals surface area contributed by atoms with E-state index in [0.717, 1.165) is 32.1 Å². The average molecular weight is 447 g/mol. The predicted molar refractivity (Wildman–Crippen MR) is 118 cm³/mol. The molecule has 0 aliphatic heterocycles. The lowest BCUT2D eigenvalue weighted by Crippen LogP contribution is -2.70. The molecule has 0 aromatic heterocycles. The molecular formula is C26H38O6. The van der Waals surface area contributed by atoms with Crippen LogP contribution < -0.4 is 0 Å². The van der Waals surface area contributed by atoms with Crippen LogP contribution in [0.15, 0.2) is 12.2 Å². The SMILES string of the molecule is C=C1C(=O)[C@]23CC[C@H]1CC2[C@]1(COC(=O)CC)CCC[C@@](C)(COC(=O)CC)C1C[C@H]3O. The number of hydrogen-bond donors (Lipinski definition) is 1. The van der Waals surface area contributed by atoms with Crippen molar-refractivity contribution in [1.82, 2.24) is 0 Å². The molecule has 0 saturated heterocycles. The average Bonchev–Trinajstić information content (AvgIpc) is 2.80. The van der Waals surface area contributed by atoms with Gasteiger partial charge in [-0.15, -0.1) is 0 Å². The minimum absolute atomic E-state index is 0.00380. The van der Waals surface area contributed by atoms with Gasteiger partial charge in [-0.05, 0) is 61.9 Å². The number of hydrogen-bond acceptors (Lipinski definition) is 6. The number of Topliss-reactive ketones (excluding diaryl/α,β-unsaturated/α-hetero) is 1. The van der Waals surface area contributed by atoms with Crippen LogP contribution in [0, 0.1) is 34.0 Å². The third-order valence-electron chi connectivity index (χ3n) is 9.57. The van der Waals surface area contributed by atoms with Crippen molar-refractivity contribution in [1.29, 1.82) is 0 Å². The number of fused-ring (bicyclic) bond motifs is 3. The maximum Gasteiger partial charge on any atom is 0.305 e. The van der Waals surface area contributed by atoms with Gasteiger partial charge in [-0.1, -0.05) is 33.8 Å². The zero-order chi connectivity index (χ0) is 23.3. The molecule has 0 aromatic carbocycles. The highest BCUT2D eigenvalue weighted by atomic mass is 16.5. The van der Waals surface area contributed by atoms with Crippen molar-refractivity contribution < 1.29 is 29.0 Å². The molecule has 5 rings (SSSR count). The number of carbonyl (C=O) groups is 3. The number of aliphatic hydroxyl groups excluding tert-OH is 1. The molecule has 5 fully saturated rings. The van der Waals surface area contributed by atoms with Crippen molar-refractivity contribution in [3.8, 4) is 0 Å². The van der Waals surface area contributed by atoms with E-state index >= 15 is 0 Å². The molecule has 5 aliphatic rings. The molecule has 1 spiro atoms. The fourth-order valence-corrected chi connectivity index (χ4v) is 7.91. The molecular weight excluding hydrogens is 408 g/mol. The van der Waals surface area contributed by atoms with E-state index < -0.39 is 16.9 Å². The fourth-order valence-electron chi connectivity index (χ4n) is 7.91. The highest BCUT2D eigenvalue weighted by molar-refractivity contribution is 6.02. The highest BCUT2D eigenvalue weighted by Crippen LogP contribution is 2.71. The molecule has 32 heavy (non-hydrogen) atoms. The molecule has 5 aliphatic carbocycles. The van der Waals surface area contributed by atoms with E-state index in [0.29, 0.717) is 37.9 Å². The summed E-state index contributed by atoms with van der Waals surface area (Å²) >= 11 is 0. The Hall–Kier alpha value is -1.69. The molecule has 5 saturated carbocycles. The van der Waals surface area contributed by atoms with Gasteiger partial charge in [0.25, 0.3) is 0 Å². The monoisotopic (exact) mass is 446 g/mol. The number of aliphatic hydroxyl groups is 1. The number of allylic oxidation sites excluding steroid dienone is 1. The van der Waals surface area contributed by atoms with Crippen molar-refractivity contribution in [2.75, 3.05) is 13.2 Å². The Morgan fingerprint density at radius 1 is 1.03 bits per heavy atom. The van der Waals surface area contributed by atoms with Gasteiger partial charge in [0.1, 0.15) is 0 Å². The van der Waals surface area contributed by atoms with E-state index in [2.05, 4.69) is 13.5 Å². The van der Waals surface area contributed by atoms with Gasteiger partial charge in [-0.25, -0.2) is 0 Å². The van der Waals surface area contributed by atoms with Crippen LogP contribution in [0.2, 0.25) is 0 Å². The van der Waals surface area contributed by atoms with Gasteiger partial charge in [-0.2, -0.15) is 0 Å². The smallest absolute Gasteiger partial charge is 0.305 e. The summed E-state index contributed by atoms with van der Waals surface area (Å²) in [5, 5.41) is 11.5. The van der Waals surface area contributed by atoms with E-state index in [1.165, 1.54) is 0 Å². The lowest BCUT2D eigenvalue weighted by atomic mass is 9.35. The summed E-state index contributed by atoms with van der Waals surface area (Å²) < 4.78 is 11.5. The van der Waals surface area contributed by atoms with Gasteiger partial charge >= 0.3 is 11.9 Å². The second-order valence-electron chi connectivity index (χ2n) is 11.0. The predicted octanol–water partition coefficient (Wildman–Crippen LogP) is 3.99. The lowest BCUT2D eigenvalue weighted by molar-refractivity contribution is -0.238. The topological polar surface area (TPSA) is 89.9 Å². The molecule has 2 unspecified atom stereocenters. The van der Waals surface area contributed by atoms with Crippen LogP contribution >= 0.6 is 0 Å². The lowest BCUT2D eigenvalue weighted by Gasteiger charge is -2.68. The Labute approximate surface area is 191 Å². The first-order chi connectivity index (χ1) is 15.1. The second kappa shape index (κ2) is 8.27. The maximum atomic E-state index is 13.5. The minimum atomic E-state index is -0.820. The van der Waals surface area contributed by atoms with E-state index in [-0.39, 0.29) is 47.5 Å². The molecule has 6 nitrogen and oxygen atoms in total. The Morgan fingerprint density at radius 2 is 1.69 bits per heavy atom. The molecule has 0 heterocycles. The third kappa shape index (κ3) is 3.27. The first kappa shape index (κ1) is 23.5. The summed E-state index contributed by atoms with van der Waals surface area (Å²) in [6, 6.07) is 0. The summed E-state index contributed by atoms with van der Waals surface area (Å²) in [5.41, 5.74) is -0.883. The van der Waals surface area contributed by atoms with E-state index in [1.807, 2.05) is 0 Å². The second-order valence-corrected chi connectivity index (χ2v) is 11.0. The number of rotatable bonds is 6. The standard InChI is InChI=1S/C26H38O6/c1-5-21(28)31-14-24(4)9-7-10-25(15-32-22(29)6-2)18(24)13-20(27)26-11-8-17(12-19(25)26)16(3)23(26)30/h17-20,27H,3,5-15H2,1-2,4H3/t17-,18?,19?,20+,24-,25-,26+/m0/s1. The Bertz CT molecular complexity index is 819. The van der Waals surface area contributed by atoms with Crippen molar-refractivity contribution in [3.05, 3.63) is 12.2 Å². The van der Waals surface area contributed by atoms with Gasteiger partial charge in [0.15, 0.2) is 5.78 Å². The zero-order valence-electron chi connectivity index (χ0n) is 19.8. The van der Waals surface area contributed by atoms with Gasteiger partial charge < -0.3 is 14.6 Å². The third-order valence-corrected chi connectivity index (χ3v) is 9.57. The van der Waals surface area contributed by atoms with Gasteiger partial charge in [-0.3, -0.25) is 14.4 Å². The molecule has 0 aromatic rings. The Morgan fingerprint density at radius 3 is 2.34 bits per heavy atom. The van der Waals surface area contributed by atoms with Crippen LogP contribution in [0.3, 0.4) is 0 Å². The number of ketones is 1. The van der Waals surface area contributed by atoms with Crippen LogP contribution in [0.4, 0.5) is 0 Å². The van der Waals surface area contributed by atoms with Gasteiger partial charge in [0.05, 0.1) is 24.7 Å². The number of ether oxygens (including phenoxy) is 2. The normalized spacial score (nSPS) is 42.8. The van der Waals surface area contributed by atoms with Crippen LogP contribution in [0.25, 0.3) is 0 Å². The van der Waals surface area contributed by atoms with Crippen LogP contribution in [-0.4, -0.2) is 42.1 Å². The minimum Gasteiger partial charge on any atom is -0.465 e. The molecule has 1 N–H and O–H groups in total. The summed E-state index contributed by atoms with van der Waals surface area (Å²) in [6.07, 6.45) is 5.39. The Balaban J connectivity index is 1.76. The van der Waals surface area contributed by atoms with Crippen LogP contribution in [-0.2, 0) is 23.9 Å². The quantitative estimate of drug-likeness (QED) is 0.490. The largest absolute Gasteiger partial charge is 0.465 e. The van der Waals surface area contributed by atoms with Crippen LogP contribution in [0.5, 0.6) is 0 Å². The van der Waals surface area contributed by atoms with Crippen molar-refractivity contribution in [3.63, 3.8) is 0 Å². The first-order valence-corrected chi connectivity index (χ1v) is 12.4. The summed E-state index contributed by atoms with van der Waals surface area (Å²) in [6.45, 7) is 10.4. The van der Waals surface area contributed by atoms with Gasteiger partial charge in [0.2, 0.25) is 0 Å². The zero-order valence-corrected chi connectivity index (χ0v) is 19.8. The highest BCUT2D eigenvalue weighted by Gasteiger charge is 2.71. The maximum absolute atomic E-state index is 13.5. The van der Waals surface area contributed by atoms with Crippen molar-refractivity contribution in [2.24, 2.45) is 34.0 Å². The molecule has 0 radical (unpaired) electrons. The summed E-state index contributed by atoms with van der Waals surface area (Å²) in [5.74, 6) is -0.335. The van der Waals surface area contributed by atoms with Crippen molar-refractivity contribution in [2.45, 2.75) is 84.7 Å². The fraction of sp³-hybridized carbons (Fsp3) is 0.808. The van der Waals surface area contributed by atoms with E-state index in [4.69, 9.17) is 9.47 Å². The van der Waals surface area contributed by atoms with E-state index in [1.54, 1.807) is 13.8 Å². The molecule has 6 heteroatoms. The number of esters is 2. The molecule has 7 atom stereocenters. The van der Waals surface area contributed by atoms with Crippen LogP contribution in [0.1, 0.15) is 78.6 Å². The van der Waals surface area contributed by atoms with Gasteiger partial charge in [0, 0.05) is 23.7 Å².